The lowest BCUT2D eigenvalue weighted by Gasteiger charge is -2.18. The molecule has 0 aromatic rings. The number of ether oxygens (including phenoxy) is 3. The average Bonchev–Trinajstić information content (AvgIpc) is 3.24. The smallest absolute Gasteiger partial charge is 0.306 e. The van der Waals surface area contributed by atoms with Crippen LogP contribution in [-0.2, 0) is 28.6 Å². The summed E-state index contributed by atoms with van der Waals surface area (Å²) in [6.45, 7) is 6.58. The van der Waals surface area contributed by atoms with Gasteiger partial charge in [0, 0.05) is 19.3 Å². The number of hydrogen-bond donors (Lipinski definition) is 0. The van der Waals surface area contributed by atoms with E-state index in [1.807, 2.05) is 0 Å². The van der Waals surface area contributed by atoms with Crippen LogP contribution in [0.3, 0.4) is 0 Å². The minimum atomic E-state index is -0.777. The van der Waals surface area contributed by atoms with E-state index in [0.29, 0.717) is 19.3 Å². The minimum Gasteiger partial charge on any atom is -0.462 e. The van der Waals surface area contributed by atoms with Gasteiger partial charge >= 0.3 is 17.9 Å². The van der Waals surface area contributed by atoms with Gasteiger partial charge < -0.3 is 14.2 Å². The first kappa shape index (κ1) is 57.4. The fourth-order valence-corrected chi connectivity index (χ4v) is 7.28. The van der Waals surface area contributed by atoms with Crippen molar-refractivity contribution in [1.29, 1.82) is 0 Å². The van der Waals surface area contributed by atoms with Gasteiger partial charge in [-0.2, -0.15) is 0 Å². The van der Waals surface area contributed by atoms with Gasteiger partial charge in [-0.3, -0.25) is 14.4 Å². The van der Waals surface area contributed by atoms with Crippen molar-refractivity contribution in [3.05, 3.63) is 48.6 Å². The van der Waals surface area contributed by atoms with Gasteiger partial charge in [0.25, 0.3) is 0 Å². The van der Waals surface area contributed by atoms with Crippen LogP contribution in [0.1, 0.15) is 258 Å². The molecule has 6 nitrogen and oxygen atoms in total. The zero-order valence-corrected chi connectivity index (χ0v) is 39.7. The summed E-state index contributed by atoms with van der Waals surface area (Å²) < 4.78 is 16.8. The van der Waals surface area contributed by atoms with Crippen molar-refractivity contribution in [3.8, 4) is 0 Å². The number of hydrogen-bond acceptors (Lipinski definition) is 6. The Bertz CT molecular complexity index is 1060. The molecule has 0 N–H and O–H groups in total. The zero-order chi connectivity index (χ0) is 43.7. The van der Waals surface area contributed by atoms with Crippen LogP contribution in [0.2, 0.25) is 0 Å². The number of unbranched alkanes of at least 4 members (excludes halogenated alkanes) is 30. The Balaban J connectivity index is 4.36. The highest BCUT2D eigenvalue weighted by molar-refractivity contribution is 5.71. The van der Waals surface area contributed by atoms with E-state index in [0.717, 1.165) is 83.5 Å². The highest BCUT2D eigenvalue weighted by Crippen LogP contribution is 2.15. The molecule has 6 heteroatoms. The molecule has 0 aromatic carbocycles. The number of carbonyl (C=O) groups is 3. The molecular formula is C54H96O6. The fraction of sp³-hybridized carbons (Fsp3) is 0.796. The molecule has 0 bridgehead atoms. The van der Waals surface area contributed by atoms with Crippen LogP contribution >= 0.6 is 0 Å². The van der Waals surface area contributed by atoms with Gasteiger partial charge in [-0.1, -0.05) is 243 Å². The van der Waals surface area contributed by atoms with E-state index >= 15 is 0 Å². The summed E-state index contributed by atoms with van der Waals surface area (Å²) >= 11 is 0. The molecule has 60 heavy (non-hydrogen) atoms. The molecule has 0 aliphatic carbocycles. The maximum Gasteiger partial charge on any atom is 0.306 e. The van der Waals surface area contributed by atoms with Crippen molar-refractivity contribution < 1.29 is 28.6 Å². The molecule has 0 amide bonds. The summed E-state index contributed by atoms with van der Waals surface area (Å²) in [4.78, 5) is 37.9. The Morgan fingerprint density at radius 2 is 0.600 bits per heavy atom. The van der Waals surface area contributed by atoms with Crippen LogP contribution < -0.4 is 0 Å². The van der Waals surface area contributed by atoms with Gasteiger partial charge in [-0.15, -0.1) is 0 Å². The predicted molar refractivity (Wildman–Crippen MR) is 256 cm³/mol. The maximum atomic E-state index is 12.8. The van der Waals surface area contributed by atoms with Crippen molar-refractivity contribution in [2.75, 3.05) is 13.2 Å². The fourth-order valence-electron chi connectivity index (χ4n) is 7.28. The van der Waals surface area contributed by atoms with Crippen molar-refractivity contribution in [2.45, 2.75) is 264 Å². The van der Waals surface area contributed by atoms with Gasteiger partial charge in [0.1, 0.15) is 13.2 Å². The summed E-state index contributed by atoms with van der Waals surface area (Å²) in [5.41, 5.74) is 0. The van der Waals surface area contributed by atoms with Gasteiger partial charge in [-0.25, -0.2) is 0 Å². The summed E-state index contributed by atoms with van der Waals surface area (Å²) in [6.07, 6.45) is 58.0. The number of rotatable bonds is 46. The average molecular weight is 841 g/mol. The van der Waals surface area contributed by atoms with Gasteiger partial charge in [0.05, 0.1) is 0 Å². The highest BCUT2D eigenvalue weighted by Gasteiger charge is 2.19. The monoisotopic (exact) mass is 841 g/mol. The Morgan fingerprint density at radius 1 is 0.333 bits per heavy atom. The van der Waals surface area contributed by atoms with Crippen LogP contribution in [0.4, 0.5) is 0 Å². The van der Waals surface area contributed by atoms with Crippen molar-refractivity contribution in [2.24, 2.45) is 0 Å². The molecule has 0 aromatic heterocycles. The van der Waals surface area contributed by atoms with Crippen LogP contribution in [0.25, 0.3) is 0 Å². The largest absolute Gasteiger partial charge is 0.462 e. The maximum absolute atomic E-state index is 12.8. The van der Waals surface area contributed by atoms with E-state index < -0.39 is 6.10 Å². The molecule has 0 saturated carbocycles. The molecule has 0 rings (SSSR count). The normalized spacial score (nSPS) is 12.4. The van der Waals surface area contributed by atoms with E-state index in [1.54, 1.807) is 0 Å². The topological polar surface area (TPSA) is 78.9 Å². The third-order valence-electron chi connectivity index (χ3n) is 11.2. The lowest BCUT2D eigenvalue weighted by Crippen LogP contribution is -2.30. The number of carbonyl (C=O) groups excluding carboxylic acids is 3. The standard InChI is InChI=1S/C54H96O6/c1-4-7-10-13-16-19-21-23-25-26-27-29-30-32-35-38-41-44-47-53(56)59-50-51(49-58-52(55)46-43-40-37-34-18-15-12-9-6-3)60-54(57)48-45-42-39-36-33-31-28-24-22-20-17-14-11-8-5-2/h16,19,21,23,25-27,29,51H,4-15,17-18,20,22,24,28,30-50H2,1-3H3/b19-16-,23-21-,26-25-,29-27-. The molecule has 0 spiro atoms. The Kier molecular flexibility index (Phi) is 46.9. The summed E-state index contributed by atoms with van der Waals surface area (Å²) in [5.74, 6) is -0.895. The minimum absolute atomic E-state index is 0.0778. The molecule has 348 valence electrons. The first-order chi connectivity index (χ1) is 29.5. The van der Waals surface area contributed by atoms with Crippen molar-refractivity contribution >= 4 is 17.9 Å². The molecule has 0 heterocycles. The quantitative estimate of drug-likeness (QED) is 0.0263. The molecular weight excluding hydrogens is 745 g/mol. The van der Waals surface area contributed by atoms with Gasteiger partial charge in [0.2, 0.25) is 0 Å². The third kappa shape index (κ3) is 46.4. The molecule has 0 aliphatic heterocycles. The predicted octanol–water partition coefficient (Wildman–Crippen LogP) is 16.7. The lowest BCUT2D eigenvalue weighted by molar-refractivity contribution is -0.167. The van der Waals surface area contributed by atoms with Crippen LogP contribution in [0.15, 0.2) is 48.6 Å². The Morgan fingerprint density at radius 3 is 0.967 bits per heavy atom. The summed E-state index contributed by atoms with van der Waals surface area (Å²) in [6, 6.07) is 0. The van der Waals surface area contributed by atoms with E-state index in [9.17, 15) is 14.4 Å². The first-order valence-electron chi connectivity index (χ1n) is 25.7. The van der Waals surface area contributed by atoms with Crippen LogP contribution in [0.5, 0.6) is 0 Å². The third-order valence-corrected chi connectivity index (χ3v) is 11.2. The van der Waals surface area contributed by atoms with E-state index in [4.69, 9.17) is 14.2 Å². The summed E-state index contributed by atoms with van der Waals surface area (Å²) in [5, 5.41) is 0. The number of allylic oxidation sites excluding steroid dienone is 8. The molecule has 1 unspecified atom stereocenters. The molecule has 0 aliphatic rings. The number of esters is 3. The Hall–Kier alpha value is -2.63. The molecule has 0 saturated heterocycles. The van der Waals surface area contributed by atoms with Crippen LogP contribution in [0, 0.1) is 0 Å². The van der Waals surface area contributed by atoms with Crippen molar-refractivity contribution in [1.82, 2.24) is 0 Å². The summed E-state index contributed by atoms with van der Waals surface area (Å²) in [7, 11) is 0. The molecule has 0 radical (unpaired) electrons. The second-order valence-electron chi connectivity index (χ2n) is 17.2. The first-order valence-corrected chi connectivity index (χ1v) is 25.7. The second-order valence-corrected chi connectivity index (χ2v) is 17.2. The highest BCUT2D eigenvalue weighted by atomic mass is 16.6. The second kappa shape index (κ2) is 49.0. The van der Waals surface area contributed by atoms with Gasteiger partial charge in [-0.05, 0) is 44.9 Å². The van der Waals surface area contributed by atoms with E-state index in [-0.39, 0.29) is 31.1 Å². The van der Waals surface area contributed by atoms with Crippen LogP contribution in [-0.4, -0.2) is 37.2 Å². The Labute approximate surface area is 371 Å². The van der Waals surface area contributed by atoms with E-state index in [2.05, 4.69) is 69.4 Å². The lowest BCUT2D eigenvalue weighted by atomic mass is 10.0. The van der Waals surface area contributed by atoms with Gasteiger partial charge in [0.15, 0.2) is 6.10 Å². The van der Waals surface area contributed by atoms with Crippen molar-refractivity contribution in [3.63, 3.8) is 0 Å². The van der Waals surface area contributed by atoms with E-state index in [1.165, 1.54) is 135 Å². The molecule has 1 atom stereocenters. The molecule has 0 fully saturated rings. The zero-order valence-electron chi connectivity index (χ0n) is 39.7. The SMILES string of the molecule is CCCCC\C=C/C=C\C=C/C=C\CCCCCCCC(=O)OCC(COC(=O)CCCCCCCCCCC)OC(=O)CCCCCCCCCCCCCCCCC.